The van der Waals surface area contributed by atoms with Crippen LogP contribution in [0.15, 0.2) is 23.1 Å². The first-order chi connectivity index (χ1) is 7.81. The third-order valence-electron chi connectivity index (χ3n) is 3.44. The number of ether oxygens (including phenoxy) is 1. The van der Waals surface area contributed by atoms with E-state index in [2.05, 4.69) is 12.1 Å². The van der Waals surface area contributed by atoms with Gasteiger partial charge in [-0.1, -0.05) is 6.07 Å². The van der Waals surface area contributed by atoms with Crippen molar-refractivity contribution in [2.45, 2.75) is 28.9 Å². The first kappa shape index (κ1) is 10.2. The van der Waals surface area contributed by atoms with E-state index in [-0.39, 0.29) is 0 Å². The molecular formula is C13H13NOS. The van der Waals surface area contributed by atoms with Gasteiger partial charge in [0.2, 0.25) is 0 Å². The van der Waals surface area contributed by atoms with Gasteiger partial charge in [0.1, 0.15) is 0 Å². The average Bonchev–Trinajstić information content (AvgIpc) is 2.66. The third kappa shape index (κ3) is 1.63. The molecule has 1 fully saturated rings. The molecule has 3 heteroatoms. The van der Waals surface area contributed by atoms with Gasteiger partial charge in [-0.25, -0.2) is 0 Å². The summed E-state index contributed by atoms with van der Waals surface area (Å²) in [5, 5.41) is 8.89. The Morgan fingerprint density at radius 1 is 1.31 bits per heavy atom. The van der Waals surface area contributed by atoms with Crippen molar-refractivity contribution in [1.82, 2.24) is 0 Å². The highest BCUT2D eigenvalue weighted by Gasteiger charge is 2.39. The summed E-state index contributed by atoms with van der Waals surface area (Å²) in [7, 11) is 0. The van der Waals surface area contributed by atoms with Crippen LogP contribution in [-0.4, -0.2) is 18.0 Å². The average molecular weight is 231 g/mol. The molecule has 2 aliphatic rings. The maximum absolute atomic E-state index is 8.89. The molecule has 3 rings (SSSR count). The zero-order valence-corrected chi connectivity index (χ0v) is 9.85. The number of nitriles is 1. The highest BCUT2D eigenvalue weighted by atomic mass is 32.2. The molecule has 2 aliphatic heterocycles. The van der Waals surface area contributed by atoms with Crippen molar-refractivity contribution in [1.29, 1.82) is 5.26 Å². The predicted octanol–water partition coefficient (Wildman–Crippen LogP) is 2.76. The van der Waals surface area contributed by atoms with Gasteiger partial charge in [-0.05, 0) is 37.0 Å². The highest BCUT2D eigenvalue weighted by molar-refractivity contribution is 8.01. The predicted molar refractivity (Wildman–Crippen MR) is 63.5 cm³/mol. The maximum atomic E-state index is 8.89. The Labute approximate surface area is 99.6 Å². The lowest BCUT2D eigenvalue weighted by molar-refractivity contribution is 0.0782. The lowest BCUT2D eigenvalue weighted by atomic mass is 9.91. The van der Waals surface area contributed by atoms with Crippen molar-refractivity contribution >= 4 is 11.8 Å². The van der Waals surface area contributed by atoms with Crippen LogP contribution in [0.3, 0.4) is 0 Å². The minimum Gasteiger partial charge on any atom is -0.381 e. The van der Waals surface area contributed by atoms with Crippen molar-refractivity contribution in [2.75, 3.05) is 13.2 Å². The summed E-state index contributed by atoms with van der Waals surface area (Å²) in [6.45, 7) is 1.76. The summed E-state index contributed by atoms with van der Waals surface area (Å²) in [5.41, 5.74) is 2.18. The van der Waals surface area contributed by atoms with Crippen LogP contribution in [0.4, 0.5) is 0 Å². The van der Waals surface area contributed by atoms with E-state index in [4.69, 9.17) is 10.00 Å². The van der Waals surface area contributed by atoms with E-state index in [0.29, 0.717) is 4.75 Å². The van der Waals surface area contributed by atoms with Gasteiger partial charge in [0, 0.05) is 22.9 Å². The van der Waals surface area contributed by atoms with Crippen LogP contribution in [0.25, 0.3) is 0 Å². The van der Waals surface area contributed by atoms with Crippen LogP contribution in [0.2, 0.25) is 0 Å². The van der Waals surface area contributed by atoms with E-state index in [1.165, 1.54) is 10.5 Å². The molecule has 1 aromatic carbocycles. The summed E-state index contributed by atoms with van der Waals surface area (Å²) >= 11 is 1.96. The van der Waals surface area contributed by atoms with Crippen molar-refractivity contribution in [2.24, 2.45) is 0 Å². The van der Waals surface area contributed by atoms with Gasteiger partial charge in [-0.3, -0.25) is 0 Å². The Balaban J connectivity index is 1.91. The number of rotatable bonds is 0. The van der Waals surface area contributed by atoms with E-state index in [1.54, 1.807) is 0 Å². The lowest BCUT2D eigenvalue weighted by Crippen LogP contribution is -2.32. The second kappa shape index (κ2) is 3.80. The summed E-state index contributed by atoms with van der Waals surface area (Å²) in [6.07, 6.45) is 3.41. The van der Waals surface area contributed by atoms with E-state index >= 15 is 0 Å². The second-order valence-electron chi connectivity index (χ2n) is 4.51. The van der Waals surface area contributed by atoms with Crippen molar-refractivity contribution in [3.05, 3.63) is 29.3 Å². The molecule has 0 aromatic heterocycles. The fraction of sp³-hybridized carbons (Fsp3) is 0.462. The first-order valence-corrected chi connectivity index (χ1v) is 6.43. The molecule has 0 saturated carbocycles. The zero-order chi connectivity index (χ0) is 11.0. The van der Waals surface area contributed by atoms with Gasteiger partial charge in [-0.15, -0.1) is 11.8 Å². The van der Waals surface area contributed by atoms with E-state index in [9.17, 15) is 0 Å². The molecule has 1 saturated heterocycles. The fourth-order valence-corrected chi connectivity index (χ4v) is 4.03. The first-order valence-electron chi connectivity index (χ1n) is 5.61. The van der Waals surface area contributed by atoms with Crippen LogP contribution in [0.5, 0.6) is 0 Å². The Kier molecular flexibility index (Phi) is 2.42. The summed E-state index contributed by atoms with van der Waals surface area (Å²) in [5.74, 6) is 0. The number of hydrogen-bond donors (Lipinski definition) is 0. The molecule has 16 heavy (non-hydrogen) atoms. The molecule has 0 radical (unpaired) electrons. The normalized spacial score (nSPS) is 21.7. The number of hydrogen-bond acceptors (Lipinski definition) is 3. The minimum absolute atomic E-state index is 0.356. The van der Waals surface area contributed by atoms with Crippen LogP contribution in [0.1, 0.15) is 24.0 Å². The summed E-state index contributed by atoms with van der Waals surface area (Å²) in [4.78, 5) is 1.31. The van der Waals surface area contributed by atoms with Crippen LogP contribution in [-0.2, 0) is 11.2 Å². The van der Waals surface area contributed by atoms with Gasteiger partial charge in [-0.2, -0.15) is 5.26 Å². The number of nitrogens with zero attached hydrogens (tertiary/aromatic N) is 1. The molecule has 2 heterocycles. The second-order valence-corrected chi connectivity index (χ2v) is 6.02. The largest absolute Gasteiger partial charge is 0.381 e. The van der Waals surface area contributed by atoms with Crippen LogP contribution in [0, 0.1) is 11.3 Å². The molecule has 0 atom stereocenters. The number of fused-ring (bicyclic) bond motifs is 1. The van der Waals surface area contributed by atoms with Crippen LogP contribution < -0.4 is 0 Å². The SMILES string of the molecule is N#Cc1ccc2c(c1)SC1(CCOCC1)C2. The quantitative estimate of drug-likeness (QED) is 0.688. The summed E-state index contributed by atoms with van der Waals surface area (Å²) < 4.78 is 5.79. The van der Waals surface area contributed by atoms with Crippen LogP contribution >= 0.6 is 11.8 Å². The molecular weight excluding hydrogens is 218 g/mol. The molecule has 0 unspecified atom stereocenters. The number of thioether (sulfide) groups is 1. The van der Waals surface area contributed by atoms with Gasteiger partial charge in [0.25, 0.3) is 0 Å². The monoisotopic (exact) mass is 231 g/mol. The van der Waals surface area contributed by atoms with E-state index in [1.807, 2.05) is 23.9 Å². The van der Waals surface area contributed by atoms with E-state index in [0.717, 1.165) is 38.0 Å². The molecule has 2 nitrogen and oxygen atoms in total. The molecule has 1 spiro atoms. The molecule has 0 N–H and O–H groups in total. The fourth-order valence-electron chi connectivity index (χ4n) is 2.50. The minimum atomic E-state index is 0.356. The van der Waals surface area contributed by atoms with Gasteiger partial charge in [0.15, 0.2) is 0 Å². The molecule has 0 bridgehead atoms. The Morgan fingerprint density at radius 3 is 2.88 bits per heavy atom. The van der Waals surface area contributed by atoms with Crippen molar-refractivity contribution in [3.8, 4) is 6.07 Å². The van der Waals surface area contributed by atoms with Crippen molar-refractivity contribution in [3.63, 3.8) is 0 Å². The lowest BCUT2D eigenvalue weighted by Gasteiger charge is -2.32. The zero-order valence-electron chi connectivity index (χ0n) is 9.03. The smallest absolute Gasteiger partial charge is 0.0992 e. The van der Waals surface area contributed by atoms with Gasteiger partial charge < -0.3 is 4.74 Å². The Morgan fingerprint density at radius 2 is 2.12 bits per heavy atom. The Hall–Kier alpha value is -0.980. The molecule has 0 aliphatic carbocycles. The topological polar surface area (TPSA) is 33.0 Å². The molecule has 1 aromatic rings. The van der Waals surface area contributed by atoms with Gasteiger partial charge >= 0.3 is 0 Å². The third-order valence-corrected chi connectivity index (χ3v) is 5.02. The molecule has 82 valence electrons. The van der Waals surface area contributed by atoms with E-state index < -0.39 is 0 Å². The highest BCUT2D eigenvalue weighted by Crippen LogP contribution is 2.50. The molecule has 0 amide bonds. The van der Waals surface area contributed by atoms with Gasteiger partial charge in [0.05, 0.1) is 11.6 Å². The Bertz CT molecular complexity index is 457. The maximum Gasteiger partial charge on any atom is 0.0992 e. The standard InChI is InChI=1S/C13H13NOS/c14-9-10-1-2-11-8-13(16-12(11)7-10)3-5-15-6-4-13/h1-2,7H,3-6,8H2. The summed E-state index contributed by atoms with van der Waals surface area (Å²) in [6, 6.07) is 8.29. The number of benzene rings is 1. The van der Waals surface area contributed by atoms with Crippen molar-refractivity contribution < 1.29 is 4.74 Å².